The molecule has 0 spiro atoms. The van der Waals surface area contributed by atoms with E-state index in [1.165, 1.54) is 11.1 Å². The highest BCUT2D eigenvalue weighted by Gasteiger charge is 2.36. The van der Waals surface area contributed by atoms with Crippen molar-refractivity contribution >= 4 is 0 Å². The van der Waals surface area contributed by atoms with Gasteiger partial charge in [-0.05, 0) is 48.9 Å². The van der Waals surface area contributed by atoms with E-state index in [9.17, 15) is 0 Å². The van der Waals surface area contributed by atoms with Gasteiger partial charge in [0.2, 0.25) is 0 Å². The lowest BCUT2D eigenvalue weighted by molar-refractivity contribution is 0.287. The summed E-state index contributed by atoms with van der Waals surface area (Å²) in [5.74, 6) is 1.64. The molecule has 1 aromatic carbocycles. The molecule has 0 bridgehead atoms. The van der Waals surface area contributed by atoms with Crippen LogP contribution in [0.2, 0.25) is 0 Å². The van der Waals surface area contributed by atoms with Gasteiger partial charge in [-0.1, -0.05) is 13.8 Å². The minimum Gasteiger partial charge on any atom is -0.490 e. The molecule has 1 aliphatic carbocycles. The van der Waals surface area contributed by atoms with Crippen LogP contribution in [0.15, 0.2) is 12.1 Å². The van der Waals surface area contributed by atoms with Crippen LogP contribution in [0.1, 0.15) is 51.3 Å². The zero-order chi connectivity index (χ0) is 13.3. The van der Waals surface area contributed by atoms with Gasteiger partial charge in [0.05, 0.1) is 13.2 Å². The zero-order valence-corrected chi connectivity index (χ0v) is 11.7. The predicted octanol–water partition coefficient (Wildman–Crippen LogP) is 3.17. The summed E-state index contributed by atoms with van der Waals surface area (Å²) in [6.45, 7) is 9.71. The molecule has 18 heavy (non-hydrogen) atoms. The summed E-state index contributed by atoms with van der Waals surface area (Å²) in [6.07, 6.45) is 0.976. The summed E-state index contributed by atoms with van der Waals surface area (Å²) in [6, 6.07) is 4.27. The van der Waals surface area contributed by atoms with Crippen molar-refractivity contribution in [2.24, 2.45) is 5.73 Å². The van der Waals surface area contributed by atoms with Crippen molar-refractivity contribution < 1.29 is 9.47 Å². The van der Waals surface area contributed by atoms with E-state index in [1.54, 1.807) is 0 Å². The zero-order valence-electron chi connectivity index (χ0n) is 11.7. The lowest BCUT2D eigenvalue weighted by Crippen LogP contribution is -2.14. The maximum atomic E-state index is 6.21. The normalized spacial score (nSPS) is 20.6. The van der Waals surface area contributed by atoms with E-state index < -0.39 is 0 Å². The van der Waals surface area contributed by atoms with Crippen LogP contribution in [0.4, 0.5) is 0 Å². The van der Waals surface area contributed by atoms with E-state index in [1.807, 2.05) is 13.8 Å². The molecule has 0 fully saturated rings. The Morgan fingerprint density at radius 2 is 1.72 bits per heavy atom. The van der Waals surface area contributed by atoms with Gasteiger partial charge < -0.3 is 15.2 Å². The van der Waals surface area contributed by atoms with Gasteiger partial charge in [0.25, 0.3) is 0 Å². The van der Waals surface area contributed by atoms with Gasteiger partial charge in [0.15, 0.2) is 11.5 Å². The molecule has 1 unspecified atom stereocenters. The number of nitrogens with two attached hydrogens (primary N) is 1. The highest BCUT2D eigenvalue weighted by molar-refractivity contribution is 5.53. The first-order chi connectivity index (χ1) is 8.49. The van der Waals surface area contributed by atoms with Crippen LogP contribution in [-0.4, -0.2) is 13.2 Å². The molecule has 0 aliphatic heterocycles. The smallest absolute Gasteiger partial charge is 0.161 e. The number of ether oxygens (including phenoxy) is 2. The first-order valence-electron chi connectivity index (χ1n) is 6.69. The molecule has 0 aromatic heterocycles. The monoisotopic (exact) mass is 249 g/mol. The molecule has 1 aromatic rings. The van der Waals surface area contributed by atoms with E-state index in [0.29, 0.717) is 13.2 Å². The number of rotatable bonds is 4. The minimum atomic E-state index is 0.102. The molecular weight excluding hydrogens is 226 g/mol. The van der Waals surface area contributed by atoms with Crippen LogP contribution >= 0.6 is 0 Å². The molecule has 0 amide bonds. The third-order valence-corrected chi connectivity index (χ3v) is 3.57. The second-order valence-electron chi connectivity index (χ2n) is 5.45. The summed E-state index contributed by atoms with van der Waals surface area (Å²) in [4.78, 5) is 0. The molecule has 100 valence electrons. The van der Waals surface area contributed by atoms with Gasteiger partial charge in [0.1, 0.15) is 0 Å². The molecule has 3 nitrogen and oxygen atoms in total. The Morgan fingerprint density at radius 3 is 2.28 bits per heavy atom. The summed E-state index contributed by atoms with van der Waals surface area (Å²) >= 11 is 0. The van der Waals surface area contributed by atoms with Crippen molar-refractivity contribution in [1.82, 2.24) is 0 Å². The highest BCUT2D eigenvalue weighted by Crippen LogP contribution is 2.47. The summed E-state index contributed by atoms with van der Waals surface area (Å²) in [5, 5.41) is 0. The Balaban J connectivity index is 2.50. The Labute approximate surface area is 109 Å². The second-order valence-corrected chi connectivity index (χ2v) is 5.45. The fraction of sp³-hybridized carbons (Fsp3) is 0.600. The number of hydrogen-bond acceptors (Lipinski definition) is 3. The number of hydrogen-bond donors (Lipinski definition) is 1. The van der Waals surface area contributed by atoms with Crippen LogP contribution in [0.3, 0.4) is 0 Å². The first kappa shape index (κ1) is 13.2. The van der Waals surface area contributed by atoms with Gasteiger partial charge in [-0.15, -0.1) is 0 Å². The molecule has 0 radical (unpaired) electrons. The Kier molecular flexibility index (Phi) is 3.53. The Hall–Kier alpha value is -1.22. The molecule has 1 aliphatic rings. The van der Waals surface area contributed by atoms with Crippen LogP contribution in [0.25, 0.3) is 0 Å². The van der Waals surface area contributed by atoms with E-state index >= 15 is 0 Å². The predicted molar refractivity (Wildman–Crippen MR) is 73.4 cm³/mol. The first-order valence-corrected chi connectivity index (χ1v) is 6.69. The van der Waals surface area contributed by atoms with Gasteiger partial charge >= 0.3 is 0 Å². The fourth-order valence-electron chi connectivity index (χ4n) is 2.77. The fourth-order valence-corrected chi connectivity index (χ4v) is 2.77. The van der Waals surface area contributed by atoms with Crippen molar-refractivity contribution in [1.29, 1.82) is 0 Å². The Morgan fingerprint density at radius 1 is 1.17 bits per heavy atom. The molecular formula is C15H23NO2. The maximum absolute atomic E-state index is 6.21. The van der Waals surface area contributed by atoms with Gasteiger partial charge in [-0.25, -0.2) is 0 Å². The van der Waals surface area contributed by atoms with E-state index in [0.717, 1.165) is 17.9 Å². The van der Waals surface area contributed by atoms with E-state index in [2.05, 4.69) is 26.0 Å². The molecule has 0 heterocycles. The maximum Gasteiger partial charge on any atom is 0.161 e. The quantitative estimate of drug-likeness (QED) is 0.891. The van der Waals surface area contributed by atoms with Crippen molar-refractivity contribution in [3.05, 3.63) is 23.3 Å². The molecule has 0 saturated heterocycles. The average molecular weight is 249 g/mol. The van der Waals surface area contributed by atoms with Gasteiger partial charge in [-0.3, -0.25) is 0 Å². The van der Waals surface area contributed by atoms with Gasteiger partial charge in [0, 0.05) is 6.04 Å². The SMILES string of the molecule is CCOc1cc2c(cc1OCC)C(C)(C)CC2N. The van der Waals surface area contributed by atoms with Crippen LogP contribution in [0, 0.1) is 0 Å². The van der Waals surface area contributed by atoms with Crippen molar-refractivity contribution in [2.75, 3.05) is 13.2 Å². The van der Waals surface area contributed by atoms with Crippen molar-refractivity contribution in [2.45, 2.75) is 45.6 Å². The molecule has 1 atom stereocenters. The topological polar surface area (TPSA) is 44.5 Å². The third-order valence-electron chi connectivity index (χ3n) is 3.57. The third kappa shape index (κ3) is 2.19. The van der Waals surface area contributed by atoms with Gasteiger partial charge in [-0.2, -0.15) is 0 Å². The summed E-state index contributed by atoms with van der Waals surface area (Å²) < 4.78 is 11.3. The summed E-state index contributed by atoms with van der Waals surface area (Å²) in [5.41, 5.74) is 8.83. The van der Waals surface area contributed by atoms with E-state index in [-0.39, 0.29) is 11.5 Å². The van der Waals surface area contributed by atoms with Crippen LogP contribution in [-0.2, 0) is 5.41 Å². The lowest BCUT2D eigenvalue weighted by Gasteiger charge is -2.20. The van der Waals surface area contributed by atoms with Crippen molar-refractivity contribution in [3.8, 4) is 11.5 Å². The number of fused-ring (bicyclic) bond motifs is 1. The average Bonchev–Trinajstić information content (AvgIpc) is 2.51. The Bertz CT molecular complexity index is 440. The molecule has 2 N–H and O–H groups in total. The second kappa shape index (κ2) is 4.81. The molecule has 2 rings (SSSR count). The van der Waals surface area contributed by atoms with Crippen molar-refractivity contribution in [3.63, 3.8) is 0 Å². The van der Waals surface area contributed by atoms with E-state index in [4.69, 9.17) is 15.2 Å². The highest BCUT2D eigenvalue weighted by atomic mass is 16.5. The number of benzene rings is 1. The van der Waals surface area contributed by atoms with Crippen LogP contribution in [0.5, 0.6) is 11.5 Å². The van der Waals surface area contributed by atoms with Crippen LogP contribution < -0.4 is 15.2 Å². The standard InChI is InChI=1S/C15H23NO2/c1-5-17-13-7-10-11(8-14(13)18-6-2)15(3,4)9-12(10)16/h7-8,12H,5-6,9,16H2,1-4H3. The minimum absolute atomic E-state index is 0.102. The largest absolute Gasteiger partial charge is 0.490 e. The molecule has 3 heteroatoms. The molecule has 0 saturated carbocycles. The lowest BCUT2D eigenvalue weighted by atomic mass is 9.86. The summed E-state index contributed by atoms with van der Waals surface area (Å²) in [7, 11) is 0.